The average molecular weight is 306 g/mol. The summed E-state index contributed by atoms with van der Waals surface area (Å²) in [6.07, 6.45) is 6.51. The van der Waals surface area contributed by atoms with Gasteiger partial charge < -0.3 is 0 Å². The van der Waals surface area contributed by atoms with Crippen LogP contribution in [0.3, 0.4) is 0 Å². The monoisotopic (exact) mass is 306 g/mol. The van der Waals surface area contributed by atoms with Crippen molar-refractivity contribution >= 4 is 0 Å². The van der Waals surface area contributed by atoms with Crippen LogP contribution < -0.4 is 0 Å². The molecule has 23 heavy (non-hydrogen) atoms. The molecule has 3 rings (SSSR count). The zero-order valence-electron chi connectivity index (χ0n) is 14.9. The molecule has 0 aliphatic heterocycles. The van der Waals surface area contributed by atoms with Crippen LogP contribution >= 0.6 is 0 Å². The molecule has 0 saturated heterocycles. The summed E-state index contributed by atoms with van der Waals surface area (Å²) in [6, 6.07) is 20.4. The summed E-state index contributed by atoms with van der Waals surface area (Å²) in [6.45, 7) is 6.97. The maximum absolute atomic E-state index is 2.47. The van der Waals surface area contributed by atoms with Gasteiger partial charge in [-0.15, -0.1) is 0 Å². The molecular formula is C23H30. The molecule has 1 fully saturated rings. The number of rotatable bonds is 4. The highest BCUT2D eigenvalue weighted by molar-refractivity contribution is 5.28. The number of benzene rings is 2. The van der Waals surface area contributed by atoms with Crippen molar-refractivity contribution in [1.82, 2.24) is 0 Å². The van der Waals surface area contributed by atoms with Gasteiger partial charge in [0.15, 0.2) is 0 Å². The molecule has 1 aliphatic carbocycles. The topological polar surface area (TPSA) is 0 Å². The van der Waals surface area contributed by atoms with E-state index in [9.17, 15) is 0 Å². The molecule has 0 bridgehead atoms. The van der Waals surface area contributed by atoms with Gasteiger partial charge in [0.1, 0.15) is 0 Å². The minimum atomic E-state index is 0.365. The Balaban J connectivity index is 1.63. The van der Waals surface area contributed by atoms with Crippen LogP contribution in [0.5, 0.6) is 0 Å². The molecule has 2 aromatic rings. The van der Waals surface area contributed by atoms with Crippen molar-refractivity contribution in [2.75, 3.05) is 0 Å². The Bertz CT molecular complexity index is 618. The fraction of sp³-hybridized carbons (Fsp3) is 0.478. The summed E-state index contributed by atoms with van der Waals surface area (Å²) in [4.78, 5) is 0. The van der Waals surface area contributed by atoms with Crippen LogP contribution in [0.25, 0.3) is 0 Å². The standard InChI is InChI=1S/C23H30/c1-23(2,3)17-20-10-7-11-21(16-20)22-13-12-19(15-22)14-18-8-5-4-6-9-18/h4-11,16,19,22H,12-15,17H2,1-3H3. The van der Waals surface area contributed by atoms with E-state index in [-0.39, 0.29) is 0 Å². The normalized spacial score (nSPS) is 21.5. The zero-order valence-corrected chi connectivity index (χ0v) is 14.9. The first-order valence-corrected chi connectivity index (χ1v) is 9.12. The second-order valence-electron chi connectivity index (χ2n) is 8.55. The van der Waals surface area contributed by atoms with Crippen molar-refractivity contribution in [3.05, 3.63) is 71.3 Å². The number of hydrogen-bond donors (Lipinski definition) is 0. The molecule has 1 aliphatic rings. The summed E-state index contributed by atoms with van der Waals surface area (Å²) in [5, 5.41) is 0. The van der Waals surface area contributed by atoms with Gasteiger partial charge in [-0.25, -0.2) is 0 Å². The van der Waals surface area contributed by atoms with Gasteiger partial charge in [0.2, 0.25) is 0 Å². The third-order valence-corrected chi connectivity index (χ3v) is 5.07. The van der Waals surface area contributed by atoms with Crippen LogP contribution in [0.15, 0.2) is 54.6 Å². The van der Waals surface area contributed by atoms with Crippen LogP contribution in [0.4, 0.5) is 0 Å². The summed E-state index contributed by atoms with van der Waals surface area (Å²) in [5.74, 6) is 1.62. The Kier molecular flexibility index (Phi) is 4.90. The van der Waals surface area contributed by atoms with E-state index < -0.39 is 0 Å². The summed E-state index contributed by atoms with van der Waals surface area (Å²) in [5.41, 5.74) is 4.94. The number of hydrogen-bond acceptors (Lipinski definition) is 0. The largest absolute Gasteiger partial charge is 0.0622 e. The maximum atomic E-state index is 2.47. The molecule has 0 heterocycles. The van der Waals surface area contributed by atoms with E-state index in [0.29, 0.717) is 5.41 Å². The molecule has 2 aromatic carbocycles. The first-order valence-electron chi connectivity index (χ1n) is 9.12. The lowest BCUT2D eigenvalue weighted by atomic mass is 9.86. The van der Waals surface area contributed by atoms with E-state index >= 15 is 0 Å². The second kappa shape index (κ2) is 6.91. The van der Waals surface area contributed by atoms with Crippen LogP contribution in [0.2, 0.25) is 0 Å². The summed E-state index contributed by atoms with van der Waals surface area (Å²) in [7, 11) is 0. The van der Waals surface area contributed by atoms with Crippen molar-refractivity contribution in [2.24, 2.45) is 11.3 Å². The molecule has 0 spiro atoms. The van der Waals surface area contributed by atoms with Gasteiger partial charge in [0.25, 0.3) is 0 Å². The minimum absolute atomic E-state index is 0.365. The van der Waals surface area contributed by atoms with Gasteiger partial charge in [-0.05, 0) is 66.0 Å². The SMILES string of the molecule is CC(C)(C)Cc1cccc(C2CCC(Cc3ccccc3)C2)c1. The Morgan fingerprint density at radius 3 is 2.35 bits per heavy atom. The molecular weight excluding hydrogens is 276 g/mol. The van der Waals surface area contributed by atoms with E-state index in [1.807, 2.05) is 0 Å². The van der Waals surface area contributed by atoms with Crippen molar-refractivity contribution in [1.29, 1.82) is 0 Å². The van der Waals surface area contributed by atoms with Crippen molar-refractivity contribution in [3.63, 3.8) is 0 Å². The minimum Gasteiger partial charge on any atom is -0.0622 e. The third-order valence-electron chi connectivity index (χ3n) is 5.07. The highest BCUT2D eigenvalue weighted by Crippen LogP contribution is 2.40. The van der Waals surface area contributed by atoms with E-state index in [2.05, 4.69) is 75.4 Å². The van der Waals surface area contributed by atoms with Gasteiger partial charge in [-0.1, -0.05) is 75.4 Å². The average Bonchev–Trinajstić information content (AvgIpc) is 2.95. The Morgan fingerprint density at radius 1 is 0.870 bits per heavy atom. The van der Waals surface area contributed by atoms with E-state index in [1.54, 1.807) is 5.56 Å². The van der Waals surface area contributed by atoms with Crippen LogP contribution in [0, 0.1) is 11.3 Å². The molecule has 0 radical (unpaired) electrons. The van der Waals surface area contributed by atoms with Crippen LogP contribution in [-0.4, -0.2) is 0 Å². The lowest BCUT2D eigenvalue weighted by Crippen LogP contribution is -2.09. The zero-order chi connectivity index (χ0) is 16.3. The molecule has 0 N–H and O–H groups in total. The van der Waals surface area contributed by atoms with Gasteiger partial charge >= 0.3 is 0 Å². The van der Waals surface area contributed by atoms with Crippen molar-refractivity contribution < 1.29 is 0 Å². The quantitative estimate of drug-likeness (QED) is 0.613. The van der Waals surface area contributed by atoms with Gasteiger partial charge in [-0.2, -0.15) is 0 Å². The molecule has 0 aromatic heterocycles. The Hall–Kier alpha value is -1.56. The first-order chi connectivity index (χ1) is 11.0. The van der Waals surface area contributed by atoms with E-state index in [4.69, 9.17) is 0 Å². The molecule has 0 heteroatoms. The summed E-state index contributed by atoms with van der Waals surface area (Å²) < 4.78 is 0. The molecule has 2 atom stereocenters. The molecule has 0 amide bonds. The Morgan fingerprint density at radius 2 is 1.61 bits per heavy atom. The van der Waals surface area contributed by atoms with Gasteiger partial charge in [-0.3, -0.25) is 0 Å². The first kappa shape index (κ1) is 16.3. The fourth-order valence-corrected chi connectivity index (χ4v) is 4.08. The fourth-order valence-electron chi connectivity index (χ4n) is 4.08. The third kappa shape index (κ3) is 4.70. The molecule has 122 valence electrons. The van der Waals surface area contributed by atoms with E-state index in [0.717, 1.165) is 11.8 Å². The molecule has 0 nitrogen and oxygen atoms in total. The highest BCUT2D eigenvalue weighted by atomic mass is 14.3. The molecule has 2 unspecified atom stereocenters. The van der Waals surface area contributed by atoms with Crippen molar-refractivity contribution in [3.8, 4) is 0 Å². The molecule has 1 saturated carbocycles. The Labute approximate surface area is 141 Å². The lowest BCUT2D eigenvalue weighted by Gasteiger charge is -2.19. The predicted molar refractivity (Wildman–Crippen MR) is 99.8 cm³/mol. The second-order valence-corrected chi connectivity index (χ2v) is 8.55. The van der Waals surface area contributed by atoms with E-state index in [1.165, 1.54) is 43.2 Å². The smallest absolute Gasteiger partial charge is 0.0159 e. The van der Waals surface area contributed by atoms with Crippen LogP contribution in [0.1, 0.15) is 62.6 Å². The summed E-state index contributed by atoms with van der Waals surface area (Å²) >= 11 is 0. The van der Waals surface area contributed by atoms with Gasteiger partial charge in [0.05, 0.1) is 0 Å². The van der Waals surface area contributed by atoms with Crippen molar-refractivity contribution in [2.45, 2.75) is 58.8 Å². The van der Waals surface area contributed by atoms with Gasteiger partial charge in [0, 0.05) is 0 Å². The highest BCUT2D eigenvalue weighted by Gasteiger charge is 2.26. The van der Waals surface area contributed by atoms with Crippen LogP contribution in [-0.2, 0) is 12.8 Å². The maximum Gasteiger partial charge on any atom is -0.0159 e. The predicted octanol–water partition coefficient (Wildman–Crippen LogP) is 6.40. The lowest BCUT2D eigenvalue weighted by molar-refractivity contribution is 0.411.